The number of fused-ring (bicyclic) bond motifs is 3. The largest absolute Gasteiger partial charge is 0.490 e. The van der Waals surface area contributed by atoms with Gasteiger partial charge in [-0.05, 0) is 98.0 Å². The molecule has 3 fully saturated rings. The van der Waals surface area contributed by atoms with Crippen molar-refractivity contribution in [2.45, 2.75) is 99.8 Å². The van der Waals surface area contributed by atoms with Crippen LogP contribution in [0.2, 0.25) is 0 Å². The van der Waals surface area contributed by atoms with Crippen molar-refractivity contribution in [1.82, 2.24) is 10.2 Å². The summed E-state index contributed by atoms with van der Waals surface area (Å²) in [6.45, 7) is 0. The molecule has 0 aromatic heterocycles. The number of hydrogen-bond acceptors (Lipinski definition) is 6. The fourth-order valence-corrected chi connectivity index (χ4v) is 7.20. The molecule has 3 aromatic carbocycles. The third-order valence-electron chi connectivity index (χ3n) is 9.40. The van der Waals surface area contributed by atoms with Gasteiger partial charge in [0.25, 0.3) is 11.8 Å². The van der Waals surface area contributed by atoms with Gasteiger partial charge in [0.2, 0.25) is 0 Å². The molecule has 0 radical (unpaired) electrons. The number of carboxylic acid groups (broad SMARTS) is 1. The normalized spacial score (nSPS) is 22.0. The Kier molecular flexibility index (Phi) is 11.4. The standard InChI is InChI=1S/C33H36BrF2N3O4.C2HF3O2/c34-23-10-8-22(9-11-23)33(35,36)30(32(42)39-25-12-13-26(39)18-24(37)17-25)38-31(41)29(40)21-6-5-20-16-28(14-7-19(20)15-21)43-27-3-1-2-4-27;3-2(4,5)1(6)7/h5-11,14-16,24-27,29-30,40H,1-4,12-13,17-18,37H2,(H,38,41);(H,6,7)/t24?,25?,26?,29-,30-;/m1./s1. The number of rotatable bonds is 8. The molecule has 2 bridgehead atoms. The van der Waals surface area contributed by atoms with E-state index in [1.807, 2.05) is 18.2 Å². The zero-order valence-electron chi connectivity index (χ0n) is 26.7. The number of halogens is 6. The minimum atomic E-state index is -5.08. The Balaban J connectivity index is 0.000000630. The third-order valence-corrected chi connectivity index (χ3v) is 9.93. The molecule has 2 unspecified atom stereocenters. The summed E-state index contributed by atoms with van der Waals surface area (Å²) in [5.41, 5.74) is 5.98. The average molecular weight is 771 g/mol. The van der Waals surface area contributed by atoms with E-state index in [2.05, 4.69) is 21.2 Å². The summed E-state index contributed by atoms with van der Waals surface area (Å²) in [6.07, 6.45) is 0.187. The molecule has 9 nitrogen and oxygen atoms in total. The van der Waals surface area contributed by atoms with E-state index in [9.17, 15) is 27.9 Å². The predicted molar refractivity (Wildman–Crippen MR) is 176 cm³/mol. The molecule has 270 valence electrons. The van der Waals surface area contributed by atoms with E-state index in [0.717, 1.165) is 42.2 Å². The van der Waals surface area contributed by atoms with Crippen LogP contribution in [-0.4, -0.2) is 69.3 Å². The van der Waals surface area contributed by atoms with Crippen LogP contribution in [0.4, 0.5) is 22.0 Å². The second kappa shape index (κ2) is 15.2. The number of alkyl halides is 5. The first-order valence-corrected chi connectivity index (χ1v) is 17.0. The number of aliphatic hydroxyl groups excluding tert-OH is 1. The zero-order valence-corrected chi connectivity index (χ0v) is 28.3. The maximum absolute atomic E-state index is 16.1. The number of amides is 2. The number of carbonyl (C=O) groups is 3. The molecule has 3 aliphatic rings. The number of carboxylic acids is 1. The lowest BCUT2D eigenvalue weighted by atomic mass is 9.94. The molecule has 4 atom stereocenters. The molecule has 6 rings (SSSR count). The van der Waals surface area contributed by atoms with Crippen LogP contribution in [0.1, 0.15) is 68.6 Å². The van der Waals surface area contributed by atoms with Gasteiger partial charge in [0.1, 0.15) is 5.75 Å². The molecule has 2 saturated heterocycles. The van der Waals surface area contributed by atoms with Crippen LogP contribution in [0.5, 0.6) is 5.75 Å². The monoisotopic (exact) mass is 769 g/mol. The number of carbonyl (C=O) groups excluding carboxylic acids is 2. The van der Waals surface area contributed by atoms with Crippen molar-refractivity contribution in [2.75, 3.05) is 0 Å². The van der Waals surface area contributed by atoms with Crippen molar-refractivity contribution >= 4 is 44.5 Å². The first kappa shape index (κ1) is 37.4. The maximum Gasteiger partial charge on any atom is 0.490 e. The number of nitrogens with one attached hydrogen (secondary N) is 1. The molecule has 5 N–H and O–H groups in total. The topological polar surface area (TPSA) is 142 Å². The molecular weight excluding hydrogens is 733 g/mol. The van der Waals surface area contributed by atoms with Gasteiger partial charge in [0, 0.05) is 28.2 Å². The van der Waals surface area contributed by atoms with Crippen LogP contribution in [0.3, 0.4) is 0 Å². The fourth-order valence-electron chi connectivity index (χ4n) is 6.93. The summed E-state index contributed by atoms with van der Waals surface area (Å²) in [6, 6.07) is 13.2. The lowest BCUT2D eigenvalue weighted by molar-refractivity contribution is -0.192. The van der Waals surface area contributed by atoms with Crippen LogP contribution in [0.25, 0.3) is 10.8 Å². The molecule has 1 aliphatic carbocycles. The molecular formula is C35H37BrF5N3O6. The number of ether oxygens (including phenoxy) is 1. The average Bonchev–Trinajstić information content (AvgIpc) is 3.67. The molecule has 15 heteroatoms. The van der Waals surface area contributed by atoms with Crippen molar-refractivity contribution in [1.29, 1.82) is 0 Å². The first-order valence-electron chi connectivity index (χ1n) is 16.2. The van der Waals surface area contributed by atoms with E-state index in [1.165, 1.54) is 29.2 Å². The Labute approximate surface area is 293 Å². The van der Waals surface area contributed by atoms with Crippen molar-refractivity contribution in [3.05, 3.63) is 76.3 Å². The van der Waals surface area contributed by atoms with E-state index in [4.69, 9.17) is 20.4 Å². The Morgan fingerprint density at radius 1 is 0.880 bits per heavy atom. The molecule has 1 saturated carbocycles. The number of piperidine rings is 1. The van der Waals surface area contributed by atoms with Crippen molar-refractivity contribution in [3.63, 3.8) is 0 Å². The number of aliphatic hydroxyl groups is 1. The van der Waals surface area contributed by atoms with Crippen molar-refractivity contribution < 1.29 is 51.3 Å². The summed E-state index contributed by atoms with van der Waals surface area (Å²) in [5.74, 6) is -7.68. The number of benzene rings is 3. The summed E-state index contributed by atoms with van der Waals surface area (Å²) in [7, 11) is 0. The number of aliphatic carboxylic acids is 1. The van der Waals surface area contributed by atoms with Crippen LogP contribution < -0.4 is 15.8 Å². The molecule has 50 heavy (non-hydrogen) atoms. The Morgan fingerprint density at radius 3 is 2.02 bits per heavy atom. The molecule has 0 spiro atoms. The zero-order chi connectivity index (χ0) is 36.4. The van der Waals surface area contributed by atoms with E-state index in [-0.39, 0.29) is 29.8 Å². The van der Waals surface area contributed by atoms with Crippen LogP contribution in [-0.2, 0) is 20.3 Å². The number of nitrogens with zero attached hydrogens (tertiary/aromatic N) is 1. The molecule has 2 amide bonds. The molecule has 2 aliphatic heterocycles. The van der Waals surface area contributed by atoms with Gasteiger partial charge in [-0.1, -0.05) is 46.3 Å². The minimum Gasteiger partial charge on any atom is -0.490 e. The highest BCUT2D eigenvalue weighted by Crippen LogP contribution is 2.40. The van der Waals surface area contributed by atoms with Crippen LogP contribution >= 0.6 is 15.9 Å². The highest BCUT2D eigenvalue weighted by Gasteiger charge is 2.53. The van der Waals surface area contributed by atoms with E-state index in [1.54, 1.807) is 18.2 Å². The fraction of sp³-hybridized carbons (Fsp3) is 0.457. The van der Waals surface area contributed by atoms with Gasteiger partial charge >= 0.3 is 18.1 Å². The maximum atomic E-state index is 16.1. The van der Waals surface area contributed by atoms with E-state index < -0.39 is 47.6 Å². The second-order valence-electron chi connectivity index (χ2n) is 12.9. The van der Waals surface area contributed by atoms with E-state index in [0.29, 0.717) is 30.2 Å². The Hall–Kier alpha value is -3.82. The highest BCUT2D eigenvalue weighted by molar-refractivity contribution is 9.10. The lowest BCUT2D eigenvalue weighted by Crippen LogP contribution is -2.61. The smallest absolute Gasteiger partial charge is 0.490 e. The minimum absolute atomic E-state index is 0.0957. The van der Waals surface area contributed by atoms with E-state index >= 15 is 8.78 Å². The first-order chi connectivity index (χ1) is 23.5. The Bertz CT molecular complexity index is 1690. The predicted octanol–water partition coefficient (Wildman–Crippen LogP) is 6.35. The van der Waals surface area contributed by atoms with Crippen molar-refractivity contribution in [2.24, 2.45) is 5.73 Å². The Morgan fingerprint density at radius 2 is 1.44 bits per heavy atom. The third kappa shape index (κ3) is 8.55. The number of hydrogen-bond donors (Lipinski definition) is 4. The lowest BCUT2D eigenvalue weighted by Gasteiger charge is -2.41. The van der Waals surface area contributed by atoms with Gasteiger partial charge in [0.05, 0.1) is 6.10 Å². The van der Waals surface area contributed by atoms with Gasteiger partial charge in [-0.15, -0.1) is 0 Å². The number of nitrogens with two attached hydrogens (primary N) is 1. The summed E-state index contributed by atoms with van der Waals surface area (Å²) in [5, 5.41) is 22.0. The van der Waals surface area contributed by atoms with Crippen molar-refractivity contribution in [3.8, 4) is 5.75 Å². The SMILES string of the molecule is NC1CC2CCC(C1)N2C(=O)[C@@H](NC(=O)[C@H](O)c1ccc2cc(OC3CCCC3)ccc2c1)C(F)(F)c1ccc(Br)cc1.O=C(O)C(F)(F)F. The van der Waals surface area contributed by atoms with Gasteiger partial charge in [-0.25, -0.2) is 4.79 Å². The second-order valence-corrected chi connectivity index (χ2v) is 13.8. The quantitative estimate of drug-likeness (QED) is 0.196. The summed E-state index contributed by atoms with van der Waals surface area (Å²) < 4.78 is 70.7. The summed E-state index contributed by atoms with van der Waals surface area (Å²) in [4.78, 5) is 37.6. The van der Waals surface area contributed by atoms with Crippen LogP contribution in [0, 0.1) is 0 Å². The van der Waals surface area contributed by atoms with Gasteiger partial charge < -0.3 is 30.9 Å². The molecule has 3 aromatic rings. The molecule has 2 heterocycles. The van der Waals surface area contributed by atoms with Gasteiger partial charge in [-0.2, -0.15) is 22.0 Å². The highest BCUT2D eigenvalue weighted by atomic mass is 79.9. The van der Waals surface area contributed by atoms with Crippen LogP contribution in [0.15, 0.2) is 65.1 Å². The van der Waals surface area contributed by atoms with Gasteiger partial charge in [-0.3, -0.25) is 9.59 Å². The summed E-state index contributed by atoms with van der Waals surface area (Å²) >= 11 is 3.25. The van der Waals surface area contributed by atoms with Gasteiger partial charge in [0.15, 0.2) is 12.1 Å².